The van der Waals surface area contributed by atoms with E-state index in [4.69, 9.17) is 11.6 Å². The van der Waals surface area contributed by atoms with Gasteiger partial charge in [-0.25, -0.2) is 0 Å². The van der Waals surface area contributed by atoms with Gasteiger partial charge in [-0.2, -0.15) is 15.0 Å². The van der Waals surface area contributed by atoms with Crippen LogP contribution in [0.4, 0.5) is 11.9 Å². The summed E-state index contributed by atoms with van der Waals surface area (Å²) in [4.78, 5) is 15.9. The molecule has 0 bridgehead atoms. The molecule has 0 aliphatic heterocycles. The van der Waals surface area contributed by atoms with Crippen molar-refractivity contribution < 1.29 is 0 Å². The SMILES string of the molecule is CCCNc1nc(-c2sccc2Cl)nc(N(C)C)n1. The van der Waals surface area contributed by atoms with E-state index in [1.807, 2.05) is 30.4 Å². The first-order valence-corrected chi connectivity index (χ1v) is 7.28. The summed E-state index contributed by atoms with van der Waals surface area (Å²) in [7, 11) is 3.80. The fraction of sp³-hybridized carbons (Fsp3) is 0.417. The molecule has 2 rings (SSSR count). The predicted octanol–water partition coefficient (Wildman–Crippen LogP) is 3.14. The van der Waals surface area contributed by atoms with Crippen molar-refractivity contribution in [1.82, 2.24) is 15.0 Å². The van der Waals surface area contributed by atoms with Crippen LogP contribution in [-0.2, 0) is 0 Å². The first-order chi connectivity index (χ1) is 9.11. The van der Waals surface area contributed by atoms with Crippen molar-refractivity contribution in [1.29, 1.82) is 0 Å². The van der Waals surface area contributed by atoms with Crippen LogP contribution in [0.3, 0.4) is 0 Å². The van der Waals surface area contributed by atoms with E-state index < -0.39 is 0 Å². The average molecular weight is 298 g/mol. The Morgan fingerprint density at radius 2 is 2.11 bits per heavy atom. The number of rotatable bonds is 5. The van der Waals surface area contributed by atoms with Crippen molar-refractivity contribution in [2.24, 2.45) is 0 Å². The van der Waals surface area contributed by atoms with Gasteiger partial charge in [-0.1, -0.05) is 18.5 Å². The van der Waals surface area contributed by atoms with E-state index in [2.05, 4.69) is 27.2 Å². The molecule has 19 heavy (non-hydrogen) atoms. The number of thiophene rings is 1. The normalized spacial score (nSPS) is 10.5. The first kappa shape index (κ1) is 14.0. The summed E-state index contributed by atoms with van der Waals surface area (Å²) < 4.78 is 0. The van der Waals surface area contributed by atoms with E-state index in [9.17, 15) is 0 Å². The largest absolute Gasteiger partial charge is 0.354 e. The van der Waals surface area contributed by atoms with E-state index in [0.29, 0.717) is 22.7 Å². The van der Waals surface area contributed by atoms with Crippen molar-refractivity contribution in [3.05, 3.63) is 16.5 Å². The minimum Gasteiger partial charge on any atom is -0.354 e. The molecule has 0 radical (unpaired) electrons. The van der Waals surface area contributed by atoms with Crippen molar-refractivity contribution >= 4 is 34.8 Å². The Bertz CT molecular complexity index is 555. The van der Waals surface area contributed by atoms with Gasteiger partial charge in [0.25, 0.3) is 0 Å². The van der Waals surface area contributed by atoms with Crippen molar-refractivity contribution in [2.75, 3.05) is 30.9 Å². The lowest BCUT2D eigenvalue weighted by Crippen LogP contribution is -2.16. The zero-order valence-electron chi connectivity index (χ0n) is 11.1. The van der Waals surface area contributed by atoms with Crippen LogP contribution in [0.2, 0.25) is 5.02 Å². The van der Waals surface area contributed by atoms with Crippen LogP contribution in [0.5, 0.6) is 0 Å². The summed E-state index contributed by atoms with van der Waals surface area (Å²) >= 11 is 7.66. The van der Waals surface area contributed by atoms with Crippen LogP contribution in [0, 0.1) is 0 Å². The maximum absolute atomic E-state index is 6.14. The second-order valence-corrected chi connectivity index (χ2v) is 5.52. The molecule has 102 valence electrons. The minimum absolute atomic E-state index is 0.583. The number of nitrogens with zero attached hydrogens (tertiary/aromatic N) is 4. The van der Waals surface area contributed by atoms with Gasteiger partial charge in [-0.3, -0.25) is 0 Å². The zero-order chi connectivity index (χ0) is 13.8. The van der Waals surface area contributed by atoms with E-state index in [1.54, 1.807) is 0 Å². The third-order valence-corrected chi connectivity index (χ3v) is 3.71. The summed E-state index contributed by atoms with van der Waals surface area (Å²) in [6, 6.07) is 1.85. The Kier molecular flexibility index (Phi) is 4.55. The van der Waals surface area contributed by atoms with Gasteiger partial charge in [0.05, 0.1) is 9.90 Å². The van der Waals surface area contributed by atoms with Crippen molar-refractivity contribution in [3.63, 3.8) is 0 Å². The molecule has 0 saturated carbocycles. The molecule has 0 saturated heterocycles. The summed E-state index contributed by atoms with van der Waals surface area (Å²) in [6.07, 6.45) is 1.01. The topological polar surface area (TPSA) is 53.9 Å². The van der Waals surface area contributed by atoms with Gasteiger partial charge in [0, 0.05) is 20.6 Å². The average Bonchev–Trinajstić information content (AvgIpc) is 2.82. The highest BCUT2D eigenvalue weighted by atomic mass is 35.5. The fourth-order valence-corrected chi connectivity index (χ4v) is 2.51. The summed E-state index contributed by atoms with van der Waals surface area (Å²) in [5.41, 5.74) is 0. The van der Waals surface area contributed by atoms with Gasteiger partial charge in [-0.15, -0.1) is 11.3 Å². The van der Waals surface area contributed by atoms with Gasteiger partial charge in [0.2, 0.25) is 11.9 Å². The third kappa shape index (κ3) is 3.33. The van der Waals surface area contributed by atoms with E-state index in [1.165, 1.54) is 11.3 Å². The highest BCUT2D eigenvalue weighted by Gasteiger charge is 2.13. The smallest absolute Gasteiger partial charge is 0.230 e. The monoisotopic (exact) mass is 297 g/mol. The fourth-order valence-electron chi connectivity index (χ4n) is 1.44. The van der Waals surface area contributed by atoms with Crippen LogP contribution >= 0.6 is 22.9 Å². The molecule has 7 heteroatoms. The number of hydrogen-bond donors (Lipinski definition) is 1. The molecule has 2 heterocycles. The molecule has 0 spiro atoms. The maximum atomic E-state index is 6.14. The Labute approximate surface area is 121 Å². The highest BCUT2D eigenvalue weighted by Crippen LogP contribution is 2.31. The molecule has 5 nitrogen and oxygen atoms in total. The second-order valence-electron chi connectivity index (χ2n) is 4.20. The number of halogens is 1. The van der Waals surface area contributed by atoms with E-state index in [-0.39, 0.29) is 0 Å². The summed E-state index contributed by atoms with van der Waals surface area (Å²) in [5, 5.41) is 5.78. The van der Waals surface area contributed by atoms with Gasteiger partial charge >= 0.3 is 0 Å². The summed E-state index contributed by atoms with van der Waals surface area (Å²) in [6.45, 7) is 2.92. The van der Waals surface area contributed by atoms with Gasteiger partial charge in [-0.05, 0) is 17.9 Å². The highest BCUT2D eigenvalue weighted by molar-refractivity contribution is 7.14. The minimum atomic E-state index is 0.583. The third-order valence-electron chi connectivity index (χ3n) is 2.38. The zero-order valence-corrected chi connectivity index (χ0v) is 12.7. The Balaban J connectivity index is 2.42. The molecular weight excluding hydrogens is 282 g/mol. The maximum Gasteiger partial charge on any atom is 0.230 e. The van der Waals surface area contributed by atoms with Crippen LogP contribution in [0.1, 0.15) is 13.3 Å². The molecule has 0 amide bonds. The molecule has 0 fully saturated rings. The predicted molar refractivity (Wildman–Crippen MR) is 81.3 cm³/mol. The number of anilines is 2. The second kappa shape index (κ2) is 6.16. The molecule has 1 N–H and O–H groups in total. The van der Waals surface area contributed by atoms with Gasteiger partial charge in [0.1, 0.15) is 0 Å². The molecule has 2 aromatic heterocycles. The van der Waals surface area contributed by atoms with Crippen LogP contribution in [0.25, 0.3) is 10.7 Å². The van der Waals surface area contributed by atoms with Crippen LogP contribution in [-0.4, -0.2) is 35.6 Å². The lowest BCUT2D eigenvalue weighted by atomic mass is 10.4. The van der Waals surface area contributed by atoms with Crippen molar-refractivity contribution in [2.45, 2.75) is 13.3 Å². The van der Waals surface area contributed by atoms with Crippen molar-refractivity contribution in [3.8, 4) is 10.7 Å². The molecule has 0 aromatic carbocycles. The Hall–Kier alpha value is -1.40. The molecule has 0 aliphatic rings. The summed E-state index contributed by atoms with van der Waals surface area (Å²) in [5.74, 6) is 1.81. The van der Waals surface area contributed by atoms with Crippen LogP contribution in [0.15, 0.2) is 11.4 Å². The van der Waals surface area contributed by atoms with E-state index >= 15 is 0 Å². The molecule has 0 unspecified atom stereocenters. The first-order valence-electron chi connectivity index (χ1n) is 6.02. The lowest BCUT2D eigenvalue weighted by Gasteiger charge is -2.13. The molecule has 2 aromatic rings. The molecule has 0 aliphatic carbocycles. The van der Waals surface area contributed by atoms with Gasteiger partial charge in [0.15, 0.2) is 5.82 Å². The number of nitrogens with one attached hydrogen (secondary N) is 1. The lowest BCUT2D eigenvalue weighted by molar-refractivity contribution is 0.921. The molecular formula is C12H16ClN5S. The van der Waals surface area contributed by atoms with Gasteiger partial charge < -0.3 is 10.2 Å². The quantitative estimate of drug-likeness (QED) is 0.919. The Morgan fingerprint density at radius 1 is 1.32 bits per heavy atom. The standard InChI is InChI=1S/C12H16ClN5S/c1-4-6-14-11-15-10(9-8(13)5-7-19-9)16-12(17-11)18(2)3/h5,7H,4,6H2,1-3H3,(H,14,15,16,17). The van der Waals surface area contributed by atoms with E-state index in [0.717, 1.165) is 17.8 Å². The number of hydrogen-bond acceptors (Lipinski definition) is 6. The molecule has 0 atom stereocenters. The van der Waals surface area contributed by atoms with Crippen LogP contribution < -0.4 is 10.2 Å². The Morgan fingerprint density at radius 3 is 2.68 bits per heavy atom. The number of aromatic nitrogens is 3.